The Hall–Kier alpha value is -2.04. The van der Waals surface area contributed by atoms with Crippen molar-refractivity contribution in [1.82, 2.24) is 10.2 Å². The number of phenols is 1. The van der Waals surface area contributed by atoms with E-state index in [4.69, 9.17) is 5.11 Å². The van der Waals surface area contributed by atoms with Crippen LogP contribution in [0.2, 0.25) is 0 Å². The quantitative estimate of drug-likeness (QED) is 0.841. The number of nitrogens with one attached hydrogen (secondary N) is 1. The average molecular weight is 262 g/mol. The lowest BCUT2D eigenvalue weighted by atomic mass is 10.0. The van der Waals surface area contributed by atoms with Gasteiger partial charge < -0.3 is 15.3 Å². The van der Waals surface area contributed by atoms with E-state index in [1.165, 1.54) is 0 Å². The van der Waals surface area contributed by atoms with Crippen molar-refractivity contribution < 1.29 is 14.7 Å². The number of phenolic OH excluding ortho intramolecular Hbond substituents is 1. The van der Waals surface area contributed by atoms with E-state index in [0.29, 0.717) is 19.4 Å². The summed E-state index contributed by atoms with van der Waals surface area (Å²) in [4.78, 5) is 24.9. The van der Waals surface area contributed by atoms with Crippen molar-refractivity contribution in [2.75, 3.05) is 13.6 Å². The van der Waals surface area contributed by atoms with Crippen molar-refractivity contribution in [2.45, 2.75) is 25.3 Å². The van der Waals surface area contributed by atoms with Crippen molar-refractivity contribution in [3.8, 4) is 5.75 Å². The van der Waals surface area contributed by atoms with E-state index >= 15 is 0 Å². The lowest BCUT2D eigenvalue weighted by Gasteiger charge is -2.30. The first-order valence-electron chi connectivity index (χ1n) is 6.36. The number of aromatic hydroxyl groups is 1. The molecule has 2 amide bonds. The molecule has 5 heteroatoms. The monoisotopic (exact) mass is 262 g/mol. The Labute approximate surface area is 112 Å². The molecule has 2 N–H and O–H groups in total. The molecule has 0 spiro atoms. The first-order valence-corrected chi connectivity index (χ1v) is 6.36. The molecular weight excluding hydrogens is 244 g/mol. The molecule has 1 aromatic rings. The summed E-state index contributed by atoms with van der Waals surface area (Å²) in [7, 11) is 1.75. The highest BCUT2D eigenvalue weighted by Crippen LogP contribution is 2.12. The predicted molar refractivity (Wildman–Crippen MR) is 70.6 cm³/mol. The normalized spacial score (nSPS) is 19.3. The standard InChI is InChI=1S/C14H18N2O3/c1-16-9-11(4-7-14(16)19)15-13(18)8-10-2-5-12(17)6-3-10/h2-3,5-6,11,17H,4,7-9H2,1H3,(H,15,18). The molecule has 1 atom stereocenters. The summed E-state index contributed by atoms with van der Waals surface area (Å²) in [6, 6.07) is 6.62. The zero-order chi connectivity index (χ0) is 13.8. The van der Waals surface area contributed by atoms with Gasteiger partial charge in [-0.15, -0.1) is 0 Å². The van der Waals surface area contributed by atoms with Gasteiger partial charge in [0.1, 0.15) is 5.75 Å². The first-order chi connectivity index (χ1) is 9.04. The molecule has 1 aliphatic rings. The van der Waals surface area contributed by atoms with Gasteiger partial charge in [-0.05, 0) is 24.1 Å². The largest absolute Gasteiger partial charge is 0.508 e. The number of likely N-dealkylation sites (tertiary alicyclic amines) is 1. The first kappa shape index (κ1) is 13.4. The summed E-state index contributed by atoms with van der Waals surface area (Å²) in [6.07, 6.45) is 1.47. The number of carbonyl (C=O) groups excluding carboxylic acids is 2. The van der Waals surface area contributed by atoms with Crippen LogP contribution in [0.4, 0.5) is 0 Å². The van der Waals surface area contributed by atoms with Crippen LogP contribution in [0.25, 0.3) is 0 Å². The van der Waals surface area contributed by atoms with Crippen molar-refractivity contribution >= 4 is 11.8 Å². The molecule has 1 heterocycles. The summed E-state index contributed by atoms with van der Waals surface area (Å²) < 4.78 is 0. The number of likely N-dealkylation sites (N-methyl/N-ethyl adjacent to an activating group) is 1. The molecule has 0 bridgehead atoms. The minimum atomic E-state index is -0.0570. The molecule has 0 saturated carbocycles. The van der Waals surface area contributed by atoms with Crippen molar-refractivity contribution in [3.63, 3.8) is 0 Å². The van der Waals surface area contributed by atoms with Crippen LogP contribution in [0.5, 0.6) is 5.75 Å². The maximum Gasteiger partial charge on any atom is 0.224 e. The van der Waals surface area contributed by atoms with Gasteiger partial charge in [0.05, 0.1) is 6.42 Å². The fourth-order valence-corrected chi connectivity index (χ4v) is 2.21. The van der Waals surface area contributed by atoms with Gasteiger partial charge in [-0.3, -0.25) is 9.59 Å². The maximum atomic E-state index is 11.9. The van der Waals surface area contributed by atoms with Gasteiger partial charge in [0, 0.05) is 26.1 Å². The third-order valence-corrected chi connectivity index (χ3v) is 3.29. The summed E-state index contributed by atoms with van der Waals surface area (Å²) in [6.45, 7) is 0.570. The third-order valence-electron chi connectivity index (χ3n) is 3.29. The molecular formula is C14H18N2O3. The Balaban J connectivity index is 1.84. The van der Waals surface area contributed by atoms with Gasteiger partial charge in [-0.1, -0.05) is 12.1 Å². The number of hydrogen-bond acceptors (Lipinski definition) is 3. The average Bonchev–Trinajstić information content (AvgIpc) is 2.37. The number of piperidine rings is 1. The second kappa shape index (κ2) is 5.73. The molecule has 1 unspecified atom stereocenters. The van der Waals surface area contributed by atoms with Gasteiger partial charge in [0.15, 0.2) is 0 Å². The summed E-state index contributed by atoms with van der Waals surface area (Å²) in [5, 5.41) is 12.1. The van der Waals surface area contributed by atoms with Crippen LogP contribution in [0.3, 0.4) is 0 Å². The number of benzene rings is 1. The van der Waals surface area contributed by atoms with Crippen LogP contribution in [0.15, 0.2) is 24.3 Å². The lowest BCUT2D eigenvalue weighted by Crippen LogP contribution is -2.48. The Morgan fingerprint density at radius 3 is 2.74 bits per heavy atom. The molecule has 0 radical (unpaired) electrons. The highest BCUT2D eigenvalue weighted by Gasteiger charge is 2.23. The summed E-state index contributed by atoms with van der Waals surface area (Å²) >= 11 is 0. The molecule has 1 aromatic carbocycles. The Bertz CT molecular complexity index is 470. The molecule has 0 aromatic heterocycles. The van der Waals surface area contributed by atoms with Gasteiger partial charge in [0.2, 0.25) is 11.8 Å². The van der Waals surface area contributed by atoms with Crippen LogP contribution in [0, 0.1) is 0 Å². The van der Waals surface area contributed by atoms with Crippen LogP contribution >= 0.6 is 0 Å². The Morgan fingerprint density at radius 1 is 1.42 bits per heavy atom. The van der Waals surface area contributed by atoms with Crippen molar-refractivity contribution in [2.24, 2.45) is 0 Å². The zero-order valence-corrected chi connectivity index (χ0v) is 10.9. The minimum Gasteiger partial charge on any atom is -0.508 e. The third kappa shape index (κ3) is 3.71. The van der Waals surface area contributed by atoms with Gasteiger partial charge in [-0.25, -0.2) is 0 Å². The molecule has 2 rings (SSSR count). The van der Waals surface area contributed by atoms with Crippen LogP contribution in [0.1, 0.15) is 18.4 Å². The highest BCUT2D eigenvalue weighted by molar-refractivity contribution is 5.80. The fourth-order valence-electron chi connectivity index (χ4n) is 2.21. The molecule has 102 valence electrons. The smallest absolute Gasteiger partial charge is 0.224 e. The van der Waals surface area contributed by atoms with Crippen molar-refractivity contribution in [3.05, 3.63) is 29.8 Å². The number of amides is 2. The second-order valence-electron chi connectivity index (χ2n) is 4.92. The highest BCUT2D eigenvalue weighted by atomic mass is 16.3. The number of nitrogens with zero attached hydrogens (tertiary/aromatic N) is 1. The van der Waals surface area contributed by atoms with Gasteiger partial charge in [0.25, 0.3) is 0 Å². The number of carbonyl (C=O) groups is 2. The molecule has 1 aliphatic heterocycles. The van der Waals surface area contributed by atoms with Gasteiger partial charge >= 0.3 is 0 Å². The van der Waals surface area contributed by atoms with E-state index in [1.54, 1.807) is 36.2 Å². The number of rotatable bonds is 3. The van der Waals surface area contributed by atoms with E-state index in [1.807, 2.05) is 0 Å². The van der Waals surface area contributed by atoms with Crippen LogP contribution in [-0.4, -0.2) is 41.5 Å². The maximum absolute atomic E-state index is 11.9. The minimum absolute atomic E-state index is 0.0346. The van der Waals surface area contributed by atoms with E-state index in [0.717, 1.165) is 5.56 Å². The zero-order valence-electron chi connectivity index (χ0n) is 10.9. The van der Waals surface area contributed by atoms with E-state index in [2.05, 4.69) is 5.32 Å². The predicted octanol–water partition coefficient (Wildman–Crippen LogP) is 0.672. The molecule has 5 nitrogen and oxygen atoms in total. The topological polar surface area (TPSA) is 69.6 Å². The van der Waals surface area contributed by atoms with E-state index < -0.39 is 0 Å². The summed E-state index contributed by atoms with van der Waals surface area (Å²) in [5.74, 6) is 0.263. The van der Waals surface area contributed by atoms with Gasteiger partial charge in [-0.2, -0.15) is 0 Å². The molecule has 0 aliphatic carbocycles. The molecule has 19 heavy (non-hydrogen) atoms. The Morgan fingerprint density at radius 2 is 2.11 bits per heavy atom. The van der Waals surface area contributed by atoms with E-state index in [9.17, 15) is 9.59 Å². The SMILES string of the molecule is CN1CC(NC(=O)Cc2ccc(O)cc2)CCC1=O. The van der Waals surface area contributed by atoms with Crippen LogP contribution < -0.4 is 5.32 Å². The fraction of sp³-hybridized carbons (Fsp3) is 0.429. The Kier molecular flexibility index (Phi) is 4.04. The second-order valence-corrected chi connectivity index (χ2v) is 4.92. The molecule has 1 fully saturated rings. The number of hydrogen-bond donors (Lipinski definition) is 2. The van der Waals surface area contributed by atoms with Crippen LogP contribution in [-0.2, 0) is 16.0 Å². The lowest BCUT2D eigenvalue weighted by molar-refractivity contribution is -0.133. The van der Waals surface area contributed by atoms with Crippen molar-refractivity contribution in [1.29, 1.82) is 0 Å². The van der Waals surface area contributed by atoms with E-state index in [-0.39, 0.29) is 30.0 Å². The molecule has 1 saturated heterocycles. The summed E-state index contributed by atoms with van der Waals surface area (Å²) in [5.41, 5.74) is 0.857.